The van der Waals surface area contributed by atoms with Crippen molar-refractivity contribution in [1.29, 1.82) is 0 Å². The van der Waals surface area contributed by atoms with Gasteiger partial charge >= 0.3 is 5.97 Å². The molecule has 176 valence electrons. The van der Waals surface area contributed by atoms with Crippen LogP contribution in [0, 0.1) is 0 Å². The van der Waals surface area contributed by atoms with E-state index < -0.39 is 36.2 Å². The molecule has 0 spiro atoms. The van der Waals surface area contributed by atoms with Crippen molar-refractivity contribution in [1.82, 2.24) is 5.32 Å². The second-order valence-corrected chi connectivity index (χ2v) is 7.91. The molecule has 8 heteroatoms. The maximum atomic E-state index is 11.1. The summed E-state index contributed by atoms with van der Waals surface area (Å²) in [6.45, 7) is 3.26. The minimum absolute atomic E-state index is 0.211. The molecule has 0 aliphatic rings. The quantitative estimate of drug-likeness (QED) is 0.143. The number of carbonyl (C=O) groups excluding carboxylic acids is 1. The van der Waals surface area contributed by atoms with Gasteiger partial charge in [0.25, 0.3) is 0 Å². The van der Waals surface area contributed by atoms with E-state index in [0.29, 0.717) is 6.42 Å². The van der Waals surface area contributed by atoms with Crippen molar-refractivity contribution in [3.05, 3.63) is 12.2 Å². The van der Waals surface area contributed by atoms with Crippen LogP contribution in [0.15, 0.2) is 12.2 Å². The number of rotatable bonds is 18. The lowest BCUT2D eigenvalue weighted by Crippen LogP contribution is -2.55. The Hall–Kier alpha value is -1.48. The van der Waals surface area contributed by atoms with Gasteiger partial charge in [-0.25, -0.2) is 4.79 Å². The Kier molecular flexibility index (Phi) is 16.4. The Morgan fingerprint density at radius 2 is 1.43 bits per heavy atom. The van der Waals surface area contributed by atoms with E-state index in [4.69, 9.17) is 5.11 Å². The van der Waals surface area contributed by atoms with Crippen LogP contribution in [0.25, 0.3) is 0 Å². The van der Waals surface area contributed by atoms with Gasteiger partial charge in [0.2, 0.25) is 5.91 Å². The largest absolute Gasteiger partial charge is 0.480 e. The molecule has 8 nitrogen and oxygen atoms in total. The number of aliphatic carboxylic acids is 1. The van der Waals surface area contributed by atoms with Crippen LogP contribution in [-0.4, -0.2) is 67.9 Å². The van der Waals surface area contributed by atoms with E-state index in [1.165, 1.54) is 25.3 Å². The number of carboxylic acid groups (broad SMARTS) is 1. The normalized spacial score (nSPS) is 16.7. The molecule has 5 atom stereocenters. The van der Waals surface area contributed by atoms with Crippen LogP contribution in [0.5, 0.6) is 0 Å². The molecular weight excluding hydrogens is 390 g/mol. The molecule has 0 aliphatic heterocycles. The highest BCUT2D eigenvalue weighted by molar-refractivity contribution is 5.82. The van der Waals surface area contributed by atoms with E-state index in [2.05, 4.69) is 6.92 Å². The summed E-state index contributed by atoms with van der Waals surface area (Å²) in [4.78, 5) is 22.1. The Morgan fingerprint density at radius 1 is 0.867 bits per heavy atom. The maximum absolute atomic E-state index is 11.1. The zero-order chi connectivity index (χ0) is 22.9. The molecule has 0 heterocycles. The lowest BCUT2D eigenvalue weighted by atomic mass is 10.00. The van der Waals surface area contributed by atoms with Gasteiger partial charge in [-0.15, -0.1) is 0 Å². The van der Waals surface area contributed by atoms with Gasteiger partial charge in [-0.1, -0.05) is 64.0 Å². The second kappa shape index (κ2) is 17.2. The van der Waals surface area contributed by atoms with Crippen molar-refractivity contribution in [3.63, 3.8) is 0 Å². The molecule has 0 bridgehead atoms. The SMILES string of the molecule is CCCCCC[C@H](O)CCCCCC/C=C/[C@@H](O)[C@@H](O)[C@H](O)[C@H](NC(C)=O)C(=O)O. The Bertz CT molecular complexity index is 498. The molecule has 6 N–H and O–H groups in total. The van der Waals surface area contributed by atoms with Gasteiger partial charge in [-0.2, -0.15) is 0 Å². The number of hydrogen-bond donors (Lipinski definition) is 6. The highest BCUT2D eigenvalue weighted by Crippen LogP contribution is 2.13. The fraction of sp³-hybridized carbons (Fsp3) is 0.818. The third kappa shape index (κ3) is 13.7. The lowest BCUT2D eigenvalue weighted by molar-refractivity contribution is -0.149. The molecule has 0 aromatic carbocycles. The predicted molar refractivity (Wildman–Crippen MR) is 115 cm³/mol. The average Bonchev–Trinajstić information content (AvgIpc) is 2.69. The highest BCUT2D eigenvalue weighted by atomic mass is 16.4. The molecule has 1 amide bonds. The monoisotopic (exact) mass is 431 g/mol. The first-order valence-electron chi connectivity index (χ1n) is 11.1. The summed E-state index contributed by atoms with van der Waals surface area (Å²) in [5.41, 5.74) is 0. The van der Waals surface area contributed by atoms with Crippen molar-refractivity contribution in [3.8, 4) is 0 Å². The Labute approximate surface area is 180 Å². The van der Waals surface area contributed by atoms with Gasteiger partial charge in [0.05, 0.1) is 6.10 Å². The van der Waals surface area contributed by atoms with Crippen molar-refractivity contribution in [2.24, 2.45) is 0 Å². The zero-order valence-electron chi connectivity index (χ0n) is 18.4. The summed E-state index contributed by atoms with van der Waals surface area (Å²) < 4.78 is 0. The minimum atomic E-state index is -1.85. The van der Waals surface area contributed by atoms with Crippen LogP contribution in [0.3, 0.4) is 0 Å². The third-order valence-corrected chi connectivity index (χ3v) is 5.05. The summed E-state index contributed by atoms with van der Waals surface area (Å²) >= 11 is 0. The van der Waals surface area contributed by atoms with Crippen molar-refractivity contribution in [2.45, 2.75) is 115 Å². The predicted octanol–water partition coefficient (Wildman–Crippen LogP) is 1.89. The molecule has 0 aromatic heterocycles. The first kappa shape index (κ1) is 28.5. The van der Waals surface area contributed by atoms with Crippen molar-refractivity contribution >= 4 is 11.9 Å². The number of hydrogen-bond acceptors (Lipinski definition) is 6. The van der Waals surface area contributed by atoms with Gasteiger partial charge in [-0.3, -0.25) is 4.79 Å². The standard InChI is InChI=1S/C22H41NO7/c1-3-4-5-10-13-17(25)14-11-8-6-7-9-12-15-18(26)20(27)21(28)19(22(29)30)23-16(2)24/h12,15,17-21,25-28H,3-11,13-14H2,1-2H3,(H,23,24)(H,29,30)/b15-12+/t17-,18+,19-,20+,21+/m0/s1. The zero-order valence-corrected chi connectivity index (χ0v) is 18.4. The first-order valence-corrected chi connectivity index (χ1v) is 11.1. The summed E-state index contributed by atoms with van der Waals surface area (Å²) in [7, 11) is 0. The van der Waals surface area contributed by atoms with E-state index >= 15 is 0 Å². The Balaban J connectivity index is 4.01. The van der Waals surface area contributed by atoms with Crippen LogP contribution in [0.4, 0.5) is 0 Å². The summed E-state index contributed by atoms with van der Waals surface area (Å²) in [6.07, 6.45) is 8.67. The van der Waals surface area contributed by atoms with Crippen LogP contribution < -0.4 is 5.32 Å². The lowest BCUT2D eigenvalue weighted by Gasteiger charge is -2.26. The van der Waals surface area contributed by atoms with E-state index in [1.54, 1.807) is 6.08 Å². The number of carboxylic acids is 1. The molecule has 0 aromatic rings. The number of unbranched alkanes of at least 4 members (excludes halogenated alkanes) is 7. The molecule has 0 saturated heterocycles. The second-order valence-electron chi connectivity index (χ2n) is 7.91. The fourth-order valence-electron chi connectivity index (χ4n) is 3.21. The number of aliphatic hydroxyl groups is 4. The maximum Gasteiger partial charge on any atom is 0.329 e. The van der Waals surface area contributed by atoms with Crippen LogP contribution >= 0.6 is 0 Å². The van der Waals surface area contributed by atoms with E-state index in [9.17, 15) is 30.0 Å². The van der Waals surface area contributed by atoms with Crippen molar-refractivity contribution in [2.75, 3.05) is 0 Å². The van der Waals surface area contributed by atoms with E-state index in [-0.39, 0.29) is 6.10 Å². The number of allylic oxidation sites excluding steroid dienone is 1. The van der Waals surface area contributed by atoms with Crippen LogP contribution in [0.2, 0.25) is 0 Å². The molecule has 0 saturated carbocycles. The topological polar surface area (TPSA) is 147 Å². The summed E-state index contributed by atoms with van der Waals surface area (Å²) in [5, 5.41) is 50.8. The highest BCUT2D eigenvalue weighted by Gasteiger charge is 2.35. The molecule has 0 rings (SSSR count). The number of nitrogens with one attached hydrogen (secondary N) is 1. The molecule has 0 aliphatic carbocycles. The fourth-order valence-corrected chi connectivity index (χ4v) is 3.21. The molecule has 0 unspecified atom stereocenters. The Morgan fingerprint density at radius 3 is 1.97 bits per heavy atom. The van der Waals surface area contributed by atoms with Crippen molar-refractivity contribution < 1.29 is 35.1 Å². The van der Waals surface area contributed by atoms with Gasteiger partial charge in [-0.05, 0) is 25.7 Å². The number of amides is 1. The molecule has 30 heavy (non-hydrogen) atoms. The first-order chi connectivity index (χ1) is 14.2. The summed E-state index contributed by atoms with van der Waals surface area (Å²) in [6, 6.07) is -1.71. The van der Waals surface area contributed by atoms with E-state index in [0.717, 1.165) is 51.9 Å². The third-order valence-electron chi connectivity index (χ3n) is 5.05. The van der Waals surface area contributed by atoms with Crippen LogP contribution in [-0.2, 0) is 9.59 Å². The number of carbonyl (C=O) groups is 2. The molecular formula is C22H41NO7. The molecule has 0 fully saturated rings. The van der Waals surface area contributed by atoms with Gasteiger partial charge in [0.1, 0.15) is 18.3 Å². The average molecular weight is 432 g/mol. The number of aliphatic hydroxyl groups excluding tert-OH is 4. The van der Waals surface area contributed by atoms with Gasteiger partial charge in [0, 0.05) is 6.92 Å². The van der Waals surface area contributed by atoms with Gasteiger partial charge in [0.15, 0.2) is 6.04 Å². The minimum Gasteiger partial charge on any atom is -0.480 e. The summed E-state index contributed by atoms with van der Waals surface area (Å²) in [5.74, 6) is -2.17. The van der Waals surface area contributed by atoms with Crippen LogP contribution in [0.1, 0.15) is 84.5 Å². The molecule has 0 radical (unpaired) electrons. The van der Waals surface area contributed by atoms with Gasteiger partial charge < -0.3 is 30.8 Å². The smallest absolute Gasteiger partial charge is 0.329 e. The van der Waals surface area contributed by atoms with E-state index in [1.807, 2.05) is 5.32 Å².